The molecule has 2 rings (SSSR count). The van der Waals surface area contributed by atoms with E-state index in [0.29, 0.717) is 18.0 Å². The third-order valence-corrected chi connectivity index (χ3v) is 3.92. The minimum atomic E-state index is -3.21. The summed E-state index contributed by atoms with van der Waals surface area (Å²) in [5.41, 5.74) is 0.788. The van der Waals surface area contributed by atoms with Gasteiger partial charge < -0.3 is 4.90 Å². The number of hydrogen-bond donors (Lipinski definition) is 1. The molecule has 0 spiro atoms. The first-order chi connectivity index (χ1) is 8.85. The fourth-order valence-corrected chi connectivity index (χ4v) is 2.72. The Labute approximate surface area is 117 Å². The summed E-state index contributed by atoms with van der Waals surface area (Å²) in [7, 11) is -3.21. The molecule has 0 aromatic heterocycles. The van der Waals surface area contributed by atoms with Gasteiger partial charge in [0.1, 0.15) is 0 Å². The molecule has 1 fully saturated rings. The van der Waals surface area contributed by atoms with E-state index in [0.717, 1.165) is 11.9 Å². The average molecular weight is 303 g/mol. The molecule has 1 aromatic rings. The molecule has 0 aliphatic carbocycles. The van der Waals surface area contributed by atoms with Gasteiger partial charge in [-0.25, -0.2) is 13.1 Å². The van der Waals surface area contributed by atoms with Crippen LogP contribution in [0, 0.1) is 5.92 Å². The van der Waals surface area contributed by atoms with Gasteiger partial charge in [-0.15, -0.1) is 0 Å². The average Bonchev–Trinajstić information content (AvgIpc) is 2.68. The number of anilines is 1. The largest absolute Gasteiger partial charge is 0.312 e. The number of hydrogen-bond acceptors (Lipinski definition) is 3. The van der Waals surface area contributed by atoms with Crippen molar-refractivity contribution in [2.45, 2.75) is 6.42 Å². The molecule has 1 unspecified atom stereocenters. The number of carbonyl (C=O) groups excluding carboxylic acids is 1. The zero-order valence-corrected chi connectivity index (χ0v) is 12.0. The van der Waals surface area contributed by atoms with E-state index in [9.17, 15) is 13.2 Å². The van der Waals surface area contributed by atoms with Crippen molar-refractivity contribution >= 4 is 33.2 Å². The fraction of sp³-hybridized carbons (Fsp3) is 0.417. The summed E-state index contributed by atoms with van der Waals surface area (Å²) in [6.07, 6.45) is 1.46. The summed E-state index contributed by atoms with van der Waals surface area (Å²) in [6.45, 7) is 0.803. The van der Waals surface area contributed by atoms with Crippen molar-refractivity contribution < 1.29 is 13.2 Å². The van der Waals surface area contributed by atoms with E-state index < -0.39 is 10.0 Å². The van der Waals surface area contributed by atoms with Crippen LogP contribution < -0.4 is 9.62 Å². The van der Waals surface area contributed by atoms with Crippen LogP contribution in [-0.4, -0.2) is 33.7 Å². The third kappa shape index (κ3) is 3.92. The molecule has 1 N–H and O–H groups in total. The molecule has 5 nitrogen and oxygen atoms in total. The normalized spacial score (nSPS) is 20.0. The summed E-state index contributed by atoms with van der Waals surface area (Å²) < 4.78 is 24.5. The van der Waals surface area contributed by atoms with Crippen molar-refractivity contribution in [2.75, 3.05) is 24.2 Å². The second-order valence-corrected chi connectivity index (χ2v) is 6.94. The van der Waals surface area contributed by atoms with Crippen LogP contribution in [0.25, 0.3) is 0 Å². The van der Waals surface area contributed by atoms with Gasteiger partial charge in [0.15, 0.2) is 0 Å². The van der Waals surface area contributed by atoms with Crippen molar-refractivity contribution in [3.8, 4) is 0 Å². The van der Waals surface area contributed by atoms with Crippen LogP contribution in [0.4, 0.5) is 5.69 Å². The molecule has 0 radical (unpaired) electrons. The summed E-state index contributed by atoms with van der Waals surface area (Å²) in [4.78, 5) is 13.6. The molecule has 1 aliphatic rings. The van der Waals surface area contributed by atoms with Crippen LogP contribution in [0.1, 0.15) is 6.42 Å². The second-order valence-electron chi connectivity index (χ2n) is 4.67. The first-order valence-corrected chi connectivity index (χ1v) is 8.12. The Morgan fingerprint density at radius 1 is 1.37 bits per heavy atom. The third-order valence-electron chi connectivity index (χ3n) is 2.98. The summed E-state index contributed by atoms with van der Waals surface area (Å²) in [5.74, 6) is 0.000488. The maximum Gasteiger partial charge on any atom is 0.227 e. The van der Waals surface area contributed by atoms with Gasteiger partial charge >= 0.3 is 0 Å². The summed E-state index contributed by atoms with van der Waals surface area (Å²) in [5, 5.41) is 0.616. The van der Waals surface area contributed by atoms with E-state index >= 15 is 0 Å². The molecule has 104 valence electrons. The van der Waals surface area contributed by atoms with Crippen LogP contribution in [0.15, 0.2) is 24.3 Å². The predicted molar refractivity (Wildman–Crippen MR) is 74.8 cm³/mol. The van der Waals surface area contributed by atoms with Gasteiger partial charge in [-0.3, -0.25) is 4.79 Å². The Morgan fingerprint density at radius 3 is 2.58 bits per heavy atom. The number of rotatable bonds is 4. The van der Waals surface area contributed by atoms with Crippen molar-refractivity contribution in [3.05, 3.63) is 29.3 Å². The Kier molecular flexibility index (Phi) is 4.13. The Bertz CT molecular complexity index is 571. The number of benzene rings is 1. The molecule has 1 atom stereocenters. The maximum atomic E-state index is 11.9. The highest BCUT2D eigenvalue weighted by Crippen LogP contribution is 2.25. The summed E-state index contributed by atoms with van der Waals surface area (Å²) in [6, 6.07) is 7.03. The Hall–Kier alpha value is -1.11. The topological polar surface area (TPSA) is 66.5 Å². The molecule has 1 heterocycles. The Balaban J connectivity index is 2.01. The lowest BCUT2D eigenvalue weighted by atomic mass is 10.1. The zero-order valence-electron chi connectivity index (χ0n) is 10.5. The van der Waals surface area contributed by atoms with Gasteiger partial charge in [-0.1, -0.05) is 11.6 Å². The van der Waals surface area contributed by atoms with Crippen LogP contribution in [0.5, 0.6) is 0 Å². The molecule has 1 saturated heterocycles. The van der Waals surface area contributed by atoms with Crippen molar-refractivity contribution in [1.82, 2.24) is 4.72 Å². The van der Waals surface area contributed by atoms with Crippen molar-refractivity contribution in [1.29, 1.82) is 0 Å². The number of nitrogens with one attached hydrogen (secondary N) is 1. The molecular formula is C12H15ClN2O3S. The van der Waals surface area contributed by atoms with Gasteiger partial charge in [-0.2, -0.15) is 0 Å². The van der Waals surface area contributed by atoms with Gasteiger partial charge in [0.2, 0.25) is 15.9 Å². The first-order valence-electron chi connectivity index (χ1n) is 5.86. The lowest BCUT2D eigenvalue weighted by Gasteiger charge is -2.16. The fourth-order valence-electron chi connectivity index (χ4n) is 2.06. The standard InChI is InChI=1S/C12H15ClN2O3S/c1-19(17,18)14-7-9-6-12(16)15(8-9)11-4-2-10(13)3-5-11/h2-5,9,14H,6-8H2,1H3. The zero-order chi connectivity index (χ0) is 14.0. The minimum Gasteiger partial charge on any atom is -0.312 e. The van der Waals surface area contributed by atoms with Gasteiger partial charge in [0.05, 0.1) is 6.26 Å². The smallest absolute Gasteiger partial charge is 0.227 e. The molecule has 1 amide bonds. The molecule has 19 heavy (non-hydrogen) atoms. The van der Waals surface area contributed by atoms with Gasteiger partial charge in [0, 0.05) is 30.2 Å². The van der Waals surface area contributed by atoms with E-state index in [4.69, 9.17) is 11.6 Å². The highest BCUT2D eigenvalue weighted by molar-refractivity contribution is 7.88. The van der Waals surface area contributed by atoms with Crippen molar-refractivity contribution in [3.63, 3.8) is 0 Å². The number of amides is 1. The quantitative estimate of drug-likeness (QED) is 0.910. The summed E-state index contributed by atoms with van der Waals surface area (Å²) >= 11 is 5.80. The van der Waals surface area contributed by atoms with E-state index in [1.807, 2.05) is 0 Å². The molecule has 0 saturated carbocycles. The van der Waals surface area contributed by atoms with Gasteiger partial charge in [0.25, 0.3) is 0 Å². The van der Waals surface area contributed by atoms with E-state index in [-0.39, 0.29) is 18.4 Å². The van der Waals surface area contributed by atoms with Crippen LogP contribution >= 0.6 is 11.6 Å². The number of carbonyl (C=O) groups is 1. The predicted octanol–water partition coefficient (Wildman–Crippen LogP) is 1.24. The van der Waals surface area contributed by atoms with Crippen LogP contribution in [0.3, 0.4) is 0 Å². The van der Waals surface area contributed by atoms with E-state index in [1.54, 1.807) is 29.2 Å². The molecule has 0 bridgehead atoms. The minimum absolute atomic E-state index is 0.00194. The number of halogens is 1. The lowest BCUT2D eigenvalue weighted by Crippen LogP contribution is -2.30. The lowest BCUT2D eigenvalue weighted by molar-refractivity contribution is -0.117. The highest BCUT2D eigenvalue weighted by Gasteiger charge is 2.30. The van der Waals surface area contributed by atoms with Crippen LogP contribution in [0.2, 0.25) is 5.02 Å². The number of sulfonamides is 1. The molecule has 1 aliphatic heterocycles. The first kappa shape index (κ1) is 14.3. The molecule has 7 heteroatoms. The molecule has 1 aromatic carbocycles. The molecular weight excluding hydrogens is 288 g/mol. The van der Waals surface area contributed by atoms with Gasteiger partial charge in [-0.05, 0) is 30.2 Å². The van der Waals surface area contributed by atoms with Crippen molar-refractivity contribution in [2.24, 2.45) is 5.92 Å². The maximum absolute atomic E-state index is 11.9. The monoisotopic (exact) mass is 302 g/mol. The van der Waals surface area contributed by atoms with E-state index in [1.165, 1.54) is 0 Å². The van der Waals surface area contributed by atoms with Crippen LogP contribution in [-0.2, 0) is 14.8 Å². The SMILES string of the molecule is CS(=O)(=O)NCC1CC(=O)N(c2ccc(Cl)cc2)C1. The second kappa shape index (κ2) is 5.48. The number of nitrogens with zero attached hydrogens (tertiary/aromatic N) is 1. The van der Waals surface area contributed by atoms with E-state index in [2.05, 4.69) is 4.72 Å². The Morgan fingerprint density at radius 2 is 2.00 bits per heavy atom. The highest BCUT2D eigenvalue weighted by atomic mass is 35.5.